The largest absolute Gasteiger partial charge is 0.375 e. The van der Waals surface area contributed by atoms with Gasteiger partial charge in [-0.3, -0.25) is 4.79 Å². The second-order valence-electron chi connectivity index (χ2n) is 5.14. The van der Waals surface area contributed by atoms with Crippen LogP contribution in [0.4, 0.5) is 0 Å². The van der Waals surface area contributed by atoms with Gasteiger partial charge in [0.05, 0.1) is 0 Å². The van der Waals surface area contributed by atoms with Crippen molar-refractivity contribution in [3.05, 3.63) is 69.2 Å². The fraction of sp³-hybridized carbons (Fsp3) is 0.278. The molecule has 0 saturated carbocycles. The Labute approximate surface area is 150 Å². The zero-order valence-corrected chi connectivity index (χ0v) is 15.2. The number of nitrogens with one attached hydrogen (secondary N) is 1. The summed E-state index contributed by atoms with van der Waals surface area (Å²) >= 11 is 9.67. The molecule has 0 aliphatic carbocycles. The molecule has 23 heavy (non-hydrogen) atoms. The molecular formula is C18H19BrClNO2. The standard InChI is InChI=1S/C18H19BrClNO2/c1-23-17(14-7-3-5-9-16(14)20)12-21-18(22)11-10-13-6-2-4-8-15(13)19/h2-9,17H,10-12H2,1H3,(H,21,22)/t17-/m1/s1. The first-order valence-corrected chi connectivity index (χ1v) is 8.56. The van der Waals surface area contributed by atoms with Crippen molar-refractivity contribution in [2.45, 2.75) is 18.9 Å². The number of amides is 1. The van der Waals surface area contributed by atoms with Gasteiger partial charge >= 0.3 is 0 Å². The van der Waals surface area contributed by atoms with E-state index in [0.717, 1.165) is 15.6 Å². The van der Waals surface area contributed by atoms with Crippen LogP contribution in [0.2, 0.25) is 5.02 Å². The predicted molar refractivity (Wildman–Crippen MR) is 96.7 cm³/mol. The number of rotatable bonds is 7. The van der Waals surface area contributed by atoms with E-state index in [4.69, 9.17) is 16.3 Å². The molecule has 0 bridgehead atoms. The van der Waals surface area contributed by atoms with Gasteiger partial charge in [-0.15, -0.1) is 0 Å². The van der Waals surface area contributed by atoms with Gasteiger partial charge in [-0.25, -0.2) is 0 Å². The van der Waals surface area contributed by atoms with E-state index in [0.29, 0.717) is 24.4 Å². The summed E-state index contributed by atoms with van der Waals surface area (Å²) in [5.74, 6) is -0.00476. The van der Waals surface area contributed by atoms with Gasteiger partial charge < -0.3 is 10.1 Å². The first-order chi connectivity index (χ1) is 11.1. The minimum Gasteiger partial charge on any atom is -0.375 e. The van der Waals surface area contributed by atoms with Gasteiger partial charge in [0.1, 0.15) is 6.10 Å². The van der Waals surface area contributed by atoms with Gasteiger partial charge in [-0.05, 0) is 24.1 Å². The first-order valence-electron chi connectivity index (χ1n) is 7.39. The Balaban J connectivity index is 1.86. The van der Waals surface area contributed by atoms with Crippen LogP contribution in [0.3, 0.4) is 0 Å². The number of benzene rings is 2. The molecule has 0 saturated heterocycles. The molecule has 0 aliphatic heterocycles. The van der Waals surface area contributed by atoms with Crippen LogP contribution in [0.5, 0.6) is 0 Å². The Morgan fingerprint density at radius 1 is 1.22 bits per heavy atom. The van der Waals surface area contributed by atoms with E-state index in [-0.39, 0.29) is 12.0 Å². The SMILES string of the molecule is CO[C@H](CNC(=O)CCc1ccccc1Br)c1ccccc1Cl. The molecule has 2 aromatic carbocycles. The number of hydrogen-bond donors (Lipinski definition) is 1. The molecule has 3 nitrogen and oxygen atoms in total. The summed E-state index contributed by atoms with van der Waals surface area (Å²) in [7, 11) is 1.61. The molecule has 122 valence electrons. The number of carbonyl (C=O) groups is 1. The predicted octanol–water partition coefficient (Wildman–Crippen LogP) is 4.54. The summed E-state index contributed by atoms with van der Waals surface area (Å²) in [4.78, 5) is 12.0. The highest BCUT2D eigenvalue weighted by molar-refractivity contribution is 9.10. The van der Waals surface area contributed by atoms with Crippen LogP contribution in [0.1, 0.15) is 23.7 Å². The third-order valence-electron chi connectivity index (χ3n) is 3.60. The number of aryl methyl sites for hydroxylation is 1. The maximum Gasteiger partial charge on any atom is 0.220 e. The van der Waals surface area contributed by atoms with Crippen LogP contribution >= 0.6 is 27.5 Å². The van der Waals surface area contributed by atoms with Crippen LogP contribution in [0.25, 0.3) is 0 Å². The average Bonchev–Trinajstić information content (AvgIpc) is 2.56. The molecule has 2 rings (SSSR count). The van der Waals surface area contributed by atoms with Crippen molar-refractivity contribution < 1.29 is 9.53 Å². The quantitative estimate of drug-likeness (QED) is 0.746. The van der Waals surface area contributed by atoms with E-state index in [9.17, 15) is 4.79 Å². The van der Waals surface area contributed by atoms with Crippen molar-refractivity contribution in [1.29, 1.82) is 0 Å². The number of halogens is 2. The molecule has 0 aromatic heterocycles. The summed E-state index contributed by atoms with van der Waals surface area (Å²) in [6, 6.07) is 15.4. The van der Waals surface area contributed by atoms with Crippen molar-refractivity contribution in [1.82, 2.24) is 5.32 Å². The van der Waals surface area contributed by atoms with Gasteiger partial charge in [-0.2, -0.15) is 0 Å². The third kappa shape index (κ3) is 5.34. The fourth-order valence-electron chi connectivity index (χ4n) is 2.30. The molecule has 0 fully saturated rings. The van der Waals surface area contributed by atoms with E-state index in [1.54, 1.807) is 7.11 Å². The lowest BCUT2D eigenvalue weighted by Gasteiger charge is -2.17. The second kappa shape index (κ2) is 9.06. The van der Waals surface area contributed by atoms with Gasteiger partial charge in [0, 0.05) is 35.1 Å². The number of hydrogen-bond acceptors (Lipinski definition) is 2. The highest BCUT2D eigenvalue weighted by atomic mass is 79.9. The van der Waals surface area contributed by atoms with Crippen molar-refractivity contribution >= 4 is 33.4 Å². The average molecular weight is 397 g/mol. The molecule has 1 amide bonds. The highest BCUT2D eigenvalue weighted by Crippen LogP contribution is 2.24. The number of carbonyl (C=O) groups excluding carboxylic acids is 1. The minimum absolute atomic E-state index is 0.00476. The van der Waals surface area contributed by atoms with E-state index in [1.165, 1.54) is 0 Å². The molecule has 1 N–H and O–H groups in total. The number of ether oxygens (including phenoxy) is 1. The Hall–Kier alpha value is -1.36. The monoisotopic (exact) mass is 395 g/mol. The van der Waals surface area contributed by atoms with Gasteiger partial charge in [0.2, 0.25) is 5.91 Å². The summed E-state index contributed by atoms with van der Waals surface area (Å²) in [5.41, 5.74) is 2.00. The lowest BCUT2D eigenvalue weighted by atomic mass is 10.1. The first kappa shape index (κ1) is 18.0. The van der Waals surface area contributed by atoms with Crippen LogP contribution in [-0.2, 0) is 16.0 Å². The summed E-state index contributed by atoms with van der Waals surface area (Å²) in [6.07, 6.45) is 0.870. The summed E-state index contributed by atoms with van der Waals surface area (Å²) in [6.45, 7) is 0.398. The highest BCUT2D eigenvalue weighted by Gasteiger charge is 2.15. The Morgan fingerprint density at radius 3 is 2.61 bits per heavy atom. The maximum atomic E-state index is 12.0. The van der Waals surface area contributed by atoms with Gasteiger partial charge in [0.15, 0.2) is 0 Å². The van der Waals surface area contributed by atoms with E-state index < -0.39 is 0 Å². The zero-order valence-electron chi connectivity index (χ0n) is 12.9. The second-order valence-corrected chi connectivity index (χ2v) is 6.40. The topological polar surface area (TPSA) is 38.3 Å². The van der Waals surface area contributed by atoms with Crippen molar-refractivity contribution in [3.8, 4) is 0 Å². The lowest BCUT2D eigenvalue weighted by Crippen LogP contribution is -2.29. The molecule has 0 aliphatic rings. The van der Waals surface area contributed by atoms with Crippen LogP contribution in [0.15, 0.2) is 53.0 Å². The van der Waals surface area contributed by atoms with Crippen LogP contribution in [0, 0.1) is 0 Å². The fourth-order valence-corrected chi connectivity index (χ4v) is 3.04. The molecule has 1 atom stereocenters. The van der Waals surface area contributed by atoms with Crippen molar-refractivity contribution in [2.75, 3.05) is 13.7 Å². The van der Waals surface area contributed by atoms with E-state index >= 15 is 0 Å². The van der Waals surface area contributed by atoms with Crippen LogP contribution in [-0.4, -0.2) is 19.6 Å². The smallest absolute Gasteiger partial charge is 0.220 e. The van der Waals surface area contributed by atoms with Gasteiger partial charge in [0.25, 0.3) is 0 Å². The molecule has 0 radical (unpaired) electrons. The number of methoxy groups -OCH3 is 1. The molecule has 0 unspecified atom stereocenters. The lowest BCUT2D eigenvalue weighted by molar-refractivity contribution is -0.121. The van der Waals surface area contributed by atoms with Crippen molar-refractivity contribution in [3.63, 3.8) is 0 Å². The van der Waals surface area contributed by atoms with Crippen molar-refractivity contribution in [2.24, 2.45) is 0 Å². The van der Waals surface area contributed by atoms with E-state index in [2.05, 4.69) is 21.2 Å². The normalized spacial score (nSPS) is 12.0. The van der Waals surface area contributed by atoms with Gasteiger partial charge in [-0.1, -0.05) is 63.9 Å². The minimum atomic E-state index is -0.254. The molecular weight excluding hydrogens is 378 g/mol. The maximum absolute atomic E-state index is 12.0. The van der Waals surface area contributed by atoms with E-state index in [1.807, 2.05) is 48.5 Å². The summed E-state index contributed by atoms with van der Waals surface area (Å²) in [5, 5.41) is 3.55. The van der Waals surface area contributed by atoms with Crippen LogP contribution < -0.4 is 5.32 Å². The summed E-state index contributed by atoms with van der Waals surface area (Å²) < 4.78 is 6.47. The Bertz CT molecular complexity index is 663. The Morgan fingerprint density at radius 2 is 1.91 bits per heavy atom. The molecule has 0 spiro atoms. The zero-order chi connectivity index (χ0) is 16.7. The molecule has 0 heterocycles. The molecule has 2 aromatic rings. The molecule has 5 heteroatoms. The third-order valence-corrected chi connectivity index (χ3v) is 4.72. The Kier molecular flexibility index (Phi) is 7.09.